The molecule has 26 heavy (non-hydrogen) atoms. The first kappa shape index (κ1) is 16.3. The Hall–Kier alpha value is -3.13. The highest BCUT2D eigenvalue weighted by atomic mass is 32.1. The van der Waals surface area contributed by atoms with Gasteiger partial charge in [-0.2, -0.15) is 0 Å². The molecular formula is C18H17N5O2S. The Morgan fingerprint density at radius 3 is 2.88 bits per heavy atom. The van der Waals surface area contributed by atoms with E-state index in [4.69, 9.17) is 10.5 Å². The number of amides is 1. The van der Waals surface area contributed by atoms with Gasteiger partial charge in [0.2, 0.25) is 5.91 Å². The number of fused-ring (bicyclic) bond motifs is 3. The van der Waals surface area contributed by atoms with Crippen LogP contribution in [0.15, 0.2) is 36.7 Å². The van der Waals surface area contributed by atoms with Crippen LogP contribution in [0.2, 0.25) is 0 Å². The highest BCUT2D eigenvalue weighted by Crippen LogP contribution is 2.35. The normalized spacial score (nSPS) is 11.3. The number of hydrogen-bond donors (Lipinski definition) is 3. The Bertz CT molecular complexity index is 1120. The van der Waals surface area contributed by atoms with Crippen LogP contribution in [0.4, 0.5) is 10.8 Å². The van der Waals surface area contributed by atoms with Crippen molar-refractivity contribution in [2.24, 2.45) is 5.73 Å². The number of nitrogens with two attached hydrogens (primary N) is 1. The van der Waals surface area contributed by atoms with Crippen molar-refractivity contribution in [1.29, 1.82) is 0 Å². The maximum Gasteiger partial charge on any atom is 0.248 e. The Kier molecular flexibility index (Phi) is 3.96. The van der Waals surface area contributed by atoms with Gasteiger partial charge in [-0.1, -0.05) is 11.3 Å². The van der Waals surface area contributed by atoms with Crippen LogP contribution in [-0.4, -0.2) is 27.0 Å². The number of nitrogens with zero attached hydrogens (tertiary/aromatic N) is 2. The number of carbonyl (C=O) groups excluding carboxylic acids is 1. The number of carbonyl (C=O) groups is 1. The minimum atomic E-state index is -0.494. The first-order valence-electron chi connectivity index (χ1n) is 8.11. The van der Waals surface area contributed by atoms with Gasteiger partial charge in [-0.05, 0) is 44.2 Å². The standard InChI is InChI=1S/C18H17N5O2S/c1-9(2)25-13-5-3-10(17(19)24)7-12(13)22-18-23-16-14(26-18)6-4-11-15(16)21-8-20-11/h3-9H,1-2H3,(H2,19,24)(H,20,21)(H,22,23). The Labute approximate surface area is 153 Å². The summed E-state index contributed by atoms with van der Waals surface area (Å²) < 4.78 is 6.85. The van der Waals surface area contributed by atoms with Gasteiger partial charge in [-0.3, -0.25) is 4.79 Å². The molecule has 0 aliphatic carbocycles. The Morgan fingerprint density at radius 1 is 1.27 bits per heavy atom. The lowest BCUT2D eigenvalue weighted by molar-refractivity contribution is 0.100. The van der Waals surface area contributed by atoms with Crippen molar-refractivity contribution in [3.63, 3.8) is 0 Å². The van der Waals surface area contributed by atoms with E-state index in [1.807, 2.05) is 26.0 Å². The minimum absolute atomic E-state index is 0.00553. The van der Waals surface area contributed by atoms with Gasteiger partial charge in [0.1, 0.15) is 16.8 Å². The fourth-order valence-corrected chi connectivity index (χ4v) is 3.58. The lowest BCUT2D eigenvalue weighted by atomic mass is 10.1. The molecule has 0 aliphatic heterocycles. The van der Waals surface area contributed by atoms with Gasteiger partial charge >= 0.3 is 0 Å². The largest absolute Gasteiger partial charge is 0.489 e. The number of thiazole rings is 1. The van der Waals surface area contributed by atoms with E-state index >= 15 is 0 Å². The number of rotatable bonds is 5. The summed E-state index contributed by atoms with van der Waals surface area (Å²) in [5, 5.41) is 3.94. The maximum absolute atomic E-state index is 11.5. The number of ether oxygens (including phenoxy) is 1. The average molecular weight is 367 g/mol. The molecule has 0 radical (unpaired) electrons. The second-order valence-electron chi connectivity index (χ2n) is 6.10. The van der Waals surface area contributed by atoms with E-state index in [-0.39, 0.29) is 6.10 Å². The minimum Gasteiger partial charge on any atom is -0.489 e. The predicted octanol–water partition coefficient (Wildman–Crippen LogP) is 3.80. The van der Waals surface area contributed by atoms with E-state index in [1.54, 1.807) is 24.5 Å². The topological polar surface area (TPSA) is 106 Å². The summed E-state index contributed by atoms with van der Waals surface area (Å²) in [4.78, 5) is 23.6. The van der Waals surface area contributed by atoms with Crippen LogP contribution in [0.25, 0.3) is 21.3 Å². The molecule has 4 aromatic rings. The maximum atomic E-state index is 11.5. The molecule has 0 saturated heterocycles. The number of benzene rings is 2. The zero-order valence-corrected chi connectivity index (χ0v) is 15.1. The summed E-state index contributed by atoms with van der Waals surface area (Å²) in [6, 6.07) is 9.05. The summed E-state index contributed by atoms with van der Waals surface area (Å²) in [5.41, 5.74) is 9.05. The number of H-pyrrole nitrogens is 1. The van der Waals surface area contributed by atoms with Gasteiger partial charge < -0.3 is 20.8 Å². The SMILES string of the molecule is CC(C)Oc1ccc(C(N)=O)cc1Nc1nc2c(ccc3[nH]cnc32)s1. The molecule has 0 aliphatic rings. The number of nitrogens with one attached hydrogen (secondary N) is 2. The number of anilines is 2. The third-order valence-electron chi connectivity index (χ3n) is 3.82. The fourth-order valence-electron chi connectivity index (χ4n) is 2.70. The van der Waals surface area contributed by atoms with Gasteiger partial charge in [0.25, 0.3) is 0 Å². The molecule has 0 atom stereocenters. The zero-order chi connectivity index (χ0) is 18.3. The van der Waals surface area contributed by atoms with Crippen molar-refractivity contribution in [3.05, 3.63) is 42.2 Å². The van der Waals surface area contributed by atoms with Crippen molar-refractivity contribution < 1.29 is 9.53 Å². The van der Waals surface area contributed by atoms with Crippen LogP contribution in [0.3, 0.4) is 0 Å². The Morgan fingerprint density at radius 2 is 2.12 bits per heavy atom. The van der Waals surface area contributed by atoms with Gasteiger partial charge in [0.05, 0.1) is 28.3 Å². The molecule has 0 unspecified atom stereocenters. The van der Waals surface area contributed by atoms with Crippen molar-refractivity contribution in [3.8, 4) is 5.75 Å². The highest BCUT2D eigenvalue weighted by molar-refractivity contribution is 7.22. The number of primary amides is 1. The molecule has 1 amide bonds. The van der Waals surface area contributed by atoms with Crippen molar-refractivity contribution in [2.45, 2.75) is 20.0 Å². The molecule has 132 valence electrons. The number of aromatic amines is 1. The predicted molar refractivity (Wildman–Crippen MR) is 103 cm³/mol. The molecule has 2 aromatic carbocycles. The molecule has 0 bridgehead atoms. The van der Waals surface area contributed by atoms with Crippen LogP contribution in [0.5, 0.6) is 5.75 Å². The zero-order valence-electron chi connectivity index (χ0n) is 14.2. The van der Waals surface area contributed by atoms with Crippen molar-refractivity contribution in [2.75, 3.05) is 5.32 Å². The molecule has 7 nitrogen and oxygen atoms in total. The molecule has 0 fully saturated rings. The Balaban J connectivity index is 1.76. The third-order valence-corrected chi connectivity index (χ3v) is 4.75. The lowest BCUT2D eigenvalue weighted by Gasteiger charge is -2.15. The summed E-state index contributed by atoms with van der Waals surface area (Å²) in [6.45, 7) is 3.88. The van der Waals surface area contributed by atoms with E-state index in [2.05, 4.69) is 20.3 Å². The van der Waals surface area contributed by atoms with Crippen molar-refractivity contribution >= 4 is 49.3 Å². The van der Waals surface area contributed by atoms with Gasteiger partial charge in [0.15, 0.2) is 5.13 Å². The van der Waals surface area contributed by atoms with Crippen LogP contribution in [0, 0.1) is 0 Å². The number of aromatic nitrogens is 3. The summed E-state index contributed by atoms with van der Waals surface area (Å²) >= 11 is 1.50. The quantitative estimate of drug-likeness (QED) is 0.497. The van der Waals surface area contributed by atoms with E-state index in [1.165, 1.54) is 11.3 Å². The van der Waals surface area contributed by atoms with Crippen LogP contribution in [0.1, 0.15) is 24.2 Å². The summed E-state index contributed by atoms with van der Waals surface area (Å²) in [6.07, 6.45) is 1.65. The molecule has 2 aromatic heterocycles. The second-order valence-corrected chi connectivity index (χ2v) is 7.13. The van der Waals surface area contributed by atoms with Gasteiger partial charge in [-0.15, -0.1) is 0 Å². The first-order chi connectivity index (χ1) is 12.5. The molecule has 2 heterocycles. The van der Waals surface area contributed by atoms with E-state index in [0.717, 1.165) is 21.3 Å². The molecule has 4 N–H and O–H groups in total. The molecule has 4 rings (SSSR count). The third kappa shape index (κ3) is 2.95. The number of imidazole rings is 1. The van der Waals surface area contributed by atoms with Crippen LogP contribution >= 0.6 is 11.3 Å². The molecular weight excluding hydrogens is 350 g/mol. The molecule has 8 heteroatoms. The molecule has 0 spiro atoms. The average Bonchev–Trinajstić information content (AvgIpc) is 3.21. The van der Waals surface area contributed by atoms with Gasteiger partial charge in [-0.25, -0.2) is 9.97 Å². The van der Waals surface area contributed by atoms with Crippen LogP contribution < -0.4 is 15.8 Å². The summed E-state index contributed by atoms with van der Waals surface area (Å²) in [7, 11) is 0. The fraction of sp³-hybridized carbons (Fsp3) is 0.167. The monoisotopic (exact) mass is 367 g/mol. The van der Waals surface area contributed by atoms with Crippen molar-refractivity contribution in [1.82, 2.24) is 15.0 Å². The van der Waals surface area contributed by atoms with E-state index in [9.17, 15) is 4.79 Å². The highest BCUT2D eigenvalue weighted by Gasteiger charge is 2.14. The number of hydrogen-bond acceptors (Lipinski definition) is 6. The first-order valence-corrected chi connectivity index (χ1v) is 8.93. The van der Waals surface area contributed by atoms with E-state index in [0.29, 0.717) is 22.1 Å². The van der Waals surface area contributed by atoms with E-state index < -0.39 is 5.91 Å². The smallest absolute Gasteiger partial charge is 0.248 e. The van der Waals surface area contributed by atoms with Gasteiger partial charge in [0, 0.05) is 5.56 Å². The summed E-state index contributed by atoms with van der Waals surface area (Å²) in [5.74, 6) is 0.140. The lowest BCUT2D eigenvalue weighted by Crippen LogP contribution is -2.12. The second kappa shape index (κ2) is 6.30. The molecule has 0 saturated carbocycles. The van der Waals surface area contributed by atoms with Crippen LogP contribution in [-0.2, 0) is 0 Å².